The number of H-pyrrole nitrogens is 1. The van der Waals surface area contributed by atoms with Crippen LogP contribution in [0, 0.1) is 5.41 Å². The second kappa shape index (κ2) is 8.91. The van der Waals surface area contributed by atoms with Crippen LogP contribution in [0.25, 0.3) is 10.9 Å². The Morgan fingerprint density at radius 2 is 1.79 bits per heavy atom. The van der Waals surface area contributed by atoms with Crippen molar-refractivity contribution in [2.24, 2.45) is 5.41 Å². The van der Waals surface area contributed by atoms with Crippen LogP contribution in [0.15, 0.2) is 30.5 Å². The number of carbonyl (C=O) groups is 3. The normalized spacial score (nSPS) is 13.7. The summed E-state index contributed by atoms with van der Waals surface area (Å²) in [4.78, 5) is 39.1. The fourth-order valence-electron chi connectivity index (χ4n) is 3.08. The molecule has 1 aromatic heterocycles. The van der Waals surface area contributed by atoms with Crippen LogP contribution in [0.4, 0.5) is 0 Å². The van der Waals surface area contributed by atoms with Gasteiger partial charge in [0.2, 0.25) is 11.8 Å². The zero-order chi connectivity index (χ0) is 20.9. The van der Waals surface area contributed by atoms with Gasteiger partial charge in [0, 0.05) is 30.4 Å². The maximum atomic E-state index is 12.8. The Kier molecular flexibility index (Phi) is 6.83. The molecule has 0 saturated carbocycles. The van der Waals surface area contributed by atoms with E-state index in [1.165, 1.54) is 6.92 Å². The SMILES string of the molecule is CC(=O)N[C@@H](Cc1c[nH]c2ccccc12)C(=O)NC(CCC(C)(C)C)C(=O)O. The van der Waals surface area contributed by atoms with Crippen LogP contribution in [0.2, 0.25) is 0 Å². The molecule has 2 atom stereocenters. The Balaban J connectivity index is 2.15. The molecule has 0 spiro atoms. The van der Waals surface area contributed by atoms with Gasteiger partial charge in [-0.1, -0.05) is 39.0 Å². The summed E-state index contributed by atoms with van der Waals surface area (Å²) >= 11 is 0. The Morgan fingerprint density at radius 3 is 2.39 bits per heavy atom. The number of carboxylic acid groups (broad SMARTS) is 1. The first kappa shape index (κ1) is 21.5. The van der Waals surface area contributed by atoms with Gasteiger partial charge in [-0.25, -0.2) is 4.79 Å². The van der Waals surface area contributed by atoms with Crippen LogP contribution in [0.3, 0.4) is 0 Å². The molecule has 7 heteroatoms. The first-order valence-corrected chi connectivity index (χ1v) is 9.42. The third-order valence-corrected chi connectivity index (χ3v) is 4.59. The average molecular weight is 387 g/mol. The van der Waals surface area contributed by atoms with Gasteiger partial charge in [0.25, 0.3) is 0 Å². The van der Waals surface area contributed by atoms with Crippen molar-refractivity contribution in [2.75, 3.05) is 0 Å². The lowest BCUT2D eigenvalue weighted by molar-refractivity contribution is -0.142. The summed E-state index contributed by atoms with van der Waals surface area (Å²) in [7, 11) is 0. The lowest BCUT2D eigenvalue weighted by Crippen LogP contribution is -2.52. The van der Waals surface area contributed by atoms with Crippen molar-refractivity contribution in [2.45, 2.75) is 59.0 Å². The number of nitrogens with one attached hydrogen (secondary N) is 3. The minimum atomic E-state index is -1.08. The van der Waals surface area contributed by atoms with Crippen molar-refractivity contribution >= 4 is 28.7 Å². The van der Waals surface area contributed by atoms with E-state index in [1.807, 2.05) is 45.0 Å². The monoisotopic (exact) mass is 387 g/mol. The number of rotatable bonds is 8. The molecule has 28 heavy (non-hydrogen) atoms. The highest BCUT2D eigenvalue weighted by Gasteiger charge is 2.27. The van der Waals surface area contributed by atoms with Crippen LogP contribution >= 0.6 is 0 Å². The molecule has 0 aliphatic carbocycles. The molecular weight excluding hydrogens is 358 g/mol. The van der Waals surface area contributed by atoms with E-state index in [2.05, 4.69) is 15.6 Å². The van der Waals surface area contributed by atoms with Gasteiger partial charge in [0.05, 0.1) is 0 Å². The van der Waals surface area contributed by atoms with E-state index in [4.69, 9.17) is 0 Å². The summed E-state index contributed by atoms with van der Waals surface area (Å²) < 4.78 is 0. The zero-order valence-electron chi connectivity index (χ0n) is 16.8. The standard InChI is InChI=1S/C21H29N3O4/c1-13(25)23-18(11-14-12-22-16-8-6-5-7-15(14)16)19(26)24-17(20(27)28)9-10-21(2,3)4/h5-8,12,17-18,22H,9-11H2,1-4H3,(H,23,25)(H,24,26)(H,27,28)/t17?,18-/m0/s1. The molecule has 0 aliphatic rings. The van der Waals surface area contributed by atoms with Crippen molar-refractivity contribution in [1.82, 2.24) is 15.6 Å². The Bertz CT molecular complexity index is 851. The lowest BCUT2D eigenvalue weighted by Gasteiger charge is -2.24. The molecule has 0 bridgehead atoms. The maximum absolute atomic E-state index is 12.8. The molecular formula is C21H29N3O4. The van der Waals surface area contributed by atoms with Crippen LogP contribution in [-0.4, -0.2) is 40.0 Å². The van der Waals surface area contributed by atoms with Crippen molar-refractivity contribution in [1.29, 1.82) is 0 Å². The topological polar surface area (TPSA) is 111 Å². The minimum Gasteiger partial charge on any atom is -0.480 e. The molecule has 0 radical (unpaired) electrons. The number of benzene rings is 1. The van der Waals surface area contributed by atoms with E-state index >= 15 is 0 Å². The van der Waals surface area contributed by atoms with E-state index in [9.17, 15) is 19.5 Å². The predicted octanol–water partition coefficient (Wildman–Crippen LogP) is 2.61. The van der Waals surface area contributed by atoms with Gasteiger partial charge in [0.1, 0.15) is 12.1 Å². The number of hydrogen-bond donors (Lipinski definition) is 4. The Labute approximate surface area is 164 Å². The molecule has 0 saturated heterocycles. The van der Waals surface area contributed by atoms with Gasteiger partial charge >= 0.3 is 5.97 Å². The quantitative estimate of drug-likeness (QED) is 0.558. The summed E-state index contributed by atoms with van der Waals surface area (Å²) in [6, 6.07) is 5.83. The maximum Gasteiger partial charge on any atom is 0.326 e. The lowest BCUT2D eigenvalue weighted by atomic mass is 9.88. The second-order valence-electron chi connectivity index (χ2n) is 8.32. The molecule has 0 aliphatic heterocycles. The summed E-state index contributed by atoms with van der Waals surface area (Å²) in [5.41, 5.74) is 1.78. The molecule has 152 valence electrons. The minimum absolute atomic E-state index is 0.0422. The van der Waals surface area contributed by atoms with Crippen LogP contribution in [0.1, 0.15) is 46.1 Å². The largest absolute Gasteiger partial charge is 0.480 e. The fourth-order valence-corrected chi connectivity index (χ4v) is 3.08. The fraction of sp³-hybridized carbons (Fsp3) is 0.476. The summed E-state index contributed by atoms with van der Waals surface area (Å²) in [5, 5.41) is 15.7. The molecule has 1 unspecified atom stereocenters. The number of hydrogen-bond acceptors (Lipinski definition) is 3. The molecule has 7 nitrogen and oxygen atoms in total. The molecule has 1 heterocycles. The molecule has 1 aromatic carbocycles. The number of aromatic nitrogens is 1. The number of aliphatic carboxylic acids is 1. The number of carbonyl (C=O) groups excluding carboxylic acids is 2. The molecule has 2 amide bonds. The average Bonchev–Trinajstić information content (AvgIpc) is 2.99. The van der Waals surface area contributed by atoms with Crippen LogP contribution in [-0.2, 0) is 20.8 Å². The van der Waals surface area contributed by atoms with E-state index in [0.717, 1.165) is 16.5 Å². The summed E-state index contributed by atoms with van der Waals surface area (Å²) in [5.74, 6) is -1.92. The third kappa shape index (κ3) is 6.11. The molecule has 2 rings (SSSR count). The number of aromatic amines is 1. The van der Waals surface area contributed by atoms with Gasteiger partial charge in [-0.2, -0.15) is 0 Å². The van der Waals surface area contributed by atoms with E-state index in [1.54, 1.807) is 6.20 Å². The third-order valence-electron chi connectivity index (χ3n) is 4.59. The van der Waals surface area contributed by atoms with E-state index < -0.39 is 24.0 Å². The Morgan fingerprint density at radius 1 is 1.11 bits per heavy atom. The van der Waals surface area contributed by atoms with Crippen LogP contribution < -0.4 is 10.6 Å². The molecule has 2 aromatic rings. The highest BCUT2D eigenvalue weighted by Crippen LogP contribution is 2.22. The smallest absolute Gasteiger partial charge is 0.326 e. The van der Waals surface area contributed by atoms with Gasteiger partial charge in [-0.15, -0.1) is 0 Å². The van der Waals surface area contributed by atoms with E-state index in [-0.39, 0.29) is 17.7 Å². The van der Waals surface area contributed by atoms with Crippen molar-refractivity contribution in [3.05, 3.63) is 36.0 Å². The van der Waals surface area contributed by atoms with Crippen molar-refractivity contribution in [3.8, 4) is 0 Å². The van der Waals surface area contributed by atoms with E-state index in [0.29, 0.717) is 12.8 Å². The van der Waals surface area contributed by atoms with Crippen molar-refractivity contribution in [3.63, 3.8) is 0 Å². The highest BCUT2D eigenvalue weighted by molar-refractivity contribution is 5.91. The highest BCUT2D eigenvalue weighted by atomic mass is 16.4. The first-order valence-electron chi connectivity index (χ1n) is 9.42. The molecule has 0 fully saturated rings. The number of amides is 2. The van der Waals surface area contributed by atoms with Gasteiger partial charge in [-0.05, 0) is 29.9 Å². The van der Waals surface area contributed by atoms with Gasteiger partial charge < -0.3 is 20.7 Å². The first-order chi connectivity index (χ1) is 13.1. The summed E-state index contributed by atoms with van der Waals surface area (Å²) in [6.07, 6.45) is 3.05. The summed E-state index contributed by atoms with van der Waals surface area (Å²) in [6.45, 7) is 7.39. The number of fused-ring (bicyclic) bond motifs is 1. The van der Waals surface area contributed by atoms with Crippen LogP contribution in [0.5, 0.6) is 0 Å². The Hall–Kier alpha value is -2.83. The van der Waals surface area contributed by atoms with Crippen molar-refractivity contribution < 1.29 is 19.5 Å². The molecule has 4 N–H and O–H groups in total. The zero-order valence-corrected chi connectivity index (χ0v) is 16.8. The second-order valence-corrected chi connectivity index (χ2v) is 8.32. The van der Waals surface area contributed by atoms with Gasteiger partial charge in [-0.3, -0.25) is 9.59 Å². The predicted molar refractivity (Wildman–Crippen MR) is 108 cm³/mol. The van der Waals surface area contributed by atoms with Gasteiger partial charge in [0.15, 0.2) is 0 Å². The number of para-hydroxylation sites is 1. The number of carboxylic acids is 1.